The summed E-state index contributed by atoms with van der Waals surface area (Å²) in [4.78, 5) is 0. The Morgan fingerprint density at radius 1 is 1.35 bits per heavy atom. The molecule has 23 heavy (non-hydrogen) atoms. The summed E-state index contributed by atoms with van der Waals surface area (Å²) < 4.78 is 13.5. The van der Waals surface area contributed by atoms with Crippen LogP contribution >= 0.6 is 12.2 Å². The highest BCUT2D eigenvalue weighted by Gasteiger charge is 2.09. The molecule has 0 unspecified atom stereocenters. The fourth-order valence-electron chi connectivity index (χ4n) is 2.23. The number of aryl methyl sites for hydroxylation is 1. The molecule has 126 valence electrons. The lowest BCUT2D eigenvalue weighted by atomic mass is 10.2. The van der Waals surface area contributed by atoms with Gasteiger partial charge in [0.25, 0.3) is 0 Å². The summed E-state index contributed by atoms with van der Waals surface area (Å²) in [5.41, 5.74) is 4.37. The number of rotatable bonds is 8. The molecule has 1 aromatic carbocycles. The quantitative estimate of drug-likeness (QED) is 0.723. The van der Waals surface area contributed by atoms with Gasteiger partial charge >= 0.3 is 0 Å². The molecular weight excluding hydrogens is 312 g/mol. The molecule has 0 aliphatic rings. The molecular formula is C16H24N4O2S. The summed E-state index contributed by atoms with van der Waals surface area (Å²) in [6, 6.07) is 5.90. The van der Waals surface area contributed by atoms with E-state index in [2.05, 4.69) is 22.5 Å². The predicted octanol–water partition coefficient (Wildman–Crippen LogP) is 3.43. The van der Waals surface area contributed by atoms with E-state index in [4.69, 9.17) is 21.7 Å². The number of benzene rings is 1. The minimum Gasteiger partial charge on any atom is -0.493 e. The topological polar surface area (TPSA) is 64.1 Å². The van der Waals surface area contributed by atoms with Gasteiger partial charge < -0.3 is 14.9 Å². The zero-order chi connectivity index (χ0) is 16.8. The van der Waals surface area contributed by atoms with Gasteiger partial charge in [0, 0.05) is 6.42 Å². The SMILES string of the molecule is CCCc1n[nH]c(=S)n1NCc1ccc(OC(C)C)c(OC)c1. The van der Waals surface area contributed by atoms with Crippen molar-refractivity contribution in [2.75, 3.05) is 12.5 Å². The Morgan fingerprint density at radius 2 is 2.13 bits per heavy atom. The van der Waals surface area contributed by atoms with Crippen LogP contribution in [0.4, 0.5) is 0 Å². The van der Waals surface area contributed by atoms with Crippen molar-refractivity contribution in [3.8, 4) is 11.5 Å². The standard InChI is InChI=1S/C16H24N4O2S/c1-5-6-15-18-19-16(23)20(15)17-10-12-7-8-13(22-11(2)3)14(9-12)21-4/h7-9,11,17H,5-6,10H2,1-4H3,(H,19,23). The van der Waals surface area contributed by atoms with E-state index in [9.17, 15) is 0 Å². The summed E-state index contributed by atoms with van der Waals surface area (Å²) in [7, 11) is 1.64. The second-order valence-electron chi connectivity index (χ2n) is 5.52. The lowest BCUT2D eigenvalue weighted by molar-refractivity contribution is 0.230. The molecule has 0 aliphatic heterocycles. The zero-order valence-corrected chi connectivity index (χ0v) is 14.9. The number of hydrogen-bond acceptors (Lipinski definition) is 5. The van der Waals surface area contributed by atoms with E-state index in [0.717, 1.165) is 35.7 Å². The van der Waals surface area contributed by atoms with Crippen molar-refractivity contribution in [1.29, 1.82) is 0 Å². The lowest BCUT2D eigenvalue weighted by Crippen LogP contribution is -2.17. The highest BCUT2D eigenvalue weighted by Crippen LogP contribution is 2.29. The van der Waals surface area contributed by atoms with Gasteiger partial charge in [0.2, 0.25) is 4.77 Å². The van der Waals surface area contributed by atoms with Gasteiger partial charge in [-0.15, -0.1) is 0 Å². The third-order valence-electron chi connectivity index (χ3n) is 3.25. The fourth-order valence-corrected chi connectivity index (χ4v) is 2.44. The van der Waals surface area contributed by atoms with Crippen molar-refractivity contribution in [3.63, 3.8) is 0 Å². The molecule has 0 spiro atoms. The third-order valence-corrected chi connectivity index (χ3v) is 3.52. The van der Waals surface area contributed by atoms with E-state index in [0.29, 0.717) is 11.3 Å². The molecule has 0 saturated heterocycles. The molecule has 2 N–H and O–H groups in total. The van der Waals surface area contributed by atoms with Crippen molar-refractivity contribution >= 4 is 12.2 Å². The normalized spacial score (nSPS) is 10.8. The maximum Gasteiger partial charge on any atom is 0.214 e. The molecule has 0 radical (unpaired) electrons. The van der Waals surface area contributed by atoms with Gasteiger partial charge in [-0.3, -0.25) is 5.10 Å². The first-order chi connectivity index (χ1) is 11.0. The first kappa shape index (κ1) is 17.3. The molecule has 0 saturated carbocycles. The van der Waals surface area contributed by atoms with E-state index < -0.39 is 0 Å². The van der Waals surface area contributed by atoms with Gasteiger partial charge in [-0.25, -0.2) is 4.68 Å². The molecule has 6 nitrogen and oxygen atoms in total. The Bertz CT molecular complexity index is 694. The zero-order valence-electron chi connectivity index (χ0n) is 14.0. The number of ether oxygens (including phenoxy) is 2. The number of H-pyrrole nitrogens is 1. The first-order valence-corrected chi connectivity index (χ1v) is 8.19. The Labute approximate surface area is 141 Å². The van der Waals surface area contributed by atoms with Crippen LogP contribution in [0.2, 0.25) is 0 Å². The largest absolute Gasteiger partial charge is 0.493 e. The van der Waals surface area contributed by atoms with Gasteiger partial charge in [0.1, 0.15) is 0 Å². The number of nitrogens with zero attached hydrogens (tertiary/aromatic N) is 2. The number of aromatic amines is 1. The van der Waals surface area contributed by atoms with Gasteiger partial charge in [0.05, 0.1) is 19.8 Å². The van der Waals surface area contributed by atoms with Crippen molar-refractivity contribution in [2.24, 2.45) is 0 Å². The molecule has 7 heteroatoms. The molecule has 0 aliphatic carbocycles. The van der Waals surface area contributed by atoms with Crippen LogP contribution in [0.15, 0.2) is 18.2 Å². The van der Waals surface area contributed by atoms with E-state index in [-0.39, 0.29) is 6.10 Å². The summed E-state index contributed by atoms with van der Waals surface area (Å²) in [5.74, 6) is 2.38. The molecule has 0 fully saturated rings. The van der Waals surface area contributed by atoms with Crippen LogP contribution in [0.1, 0.15) is 38.6 Å². The van der Waals surface area contributed by atoms with E-state index >= 15 is 0 Å². The van der Waals surface area contributed by atoms with Crippen LogP contribution in [0.5, 0.6) is 11.5 Å². The van der Waals surface area contributed by atoms with Crippen LogP contribution in [-0.4, -0.2) is 28.1 Å². The Morgan fingerprint density at radius 3 is 2.78 bits per heavy atom. The number of aromatic nitrogens is 3. The number of hydrogen-bond donors (Lipinski definition) is 2. The lowest BCUT2D eigenvalue weighted by Gasteiger charge is -2.15. The maximum absolute atomic E-state index is 5.73. The Balaban J connectivity index is 2.12. The smallest absolute Gasteiger partial charge is 0.214 e. The maximum atomic E-state index is 5.73. The highest BCUT2D eigenvalue weighted by atomic mass is 32.1. The van der Waals surface area contributed by atoms with Crippen LogP contribution in [0, 0.1) is 4.77 Å². The van der Waals surface area contributed by atoms with Gasteiger partial charge in [-0.1, -0.05) is 13.0 Å². The van der Waals surface area contributed by atoms with Crippen LogP contribution in [-0.2, 0) is 13.0 Å². The van der Waals surface area contributed by atoms with E-state index in [1.54, 1.807) is 7.11 Å². The fraction of sp³-hybridized carbons (Fsp3) is 0.500. The molecule has 0 bridgehead atoms. The van der Waals surface area contributed by atoms with Crippen LogP contribution < -0.4 is 14.9 Å². The van der Waals surface area contributed by atoms with Crippen molar-refractivity contribution in [1.82, 2.24) is 14.9 Å². The molecule has 0 atom stereocenters. The second kappa shape index (κ2) is 8.01. The molecule has 0 amide bonds. The van der Waals surface area contributed by atoms with Crippen LogP contribution in [0.25, 0.3) is 0 Å². The first-order valence-electron chi connectivity index (χ1n) is 7.78. The highest BCUT2D eigenvalue weighted by molar-refractivity contribution is 7.71. The van der Waals surface area contributed by atoms with E-state index in [1.807, 2.05) is 36.7 Å². The third kappa shape index (κ3) is 4.48. The molecule has 1 heterocycles. The average Bonchev–Trinajstić information content (AvgIpc) is 2.86. The Hall–Kier alpha value is -2.02. The van der Waals surface area contributed by atoms with Gasteiger partial charge in [0.15, 0.2) is 17.3 Å². The number of nitrogens with one attached hydrogen (secondary N) is 2. The molecule has 1 aromatic heterocycles. The predicted molar refractivity (Wildman–Crippen MR) is 93.2 cm³/mol. The monoisotopic (exact) mass is 336 g/mol. The summed E-state index contributed by atoms with van der Waals surface area (Å²) in [5, 5.41) is 7.06. The summed E-state index contributed by atoms with van der Waals surface area (Å²) in [6.45, 7) is 6.71. The summed E-state index contributed by atoms with van der Waals surface area (Å²) in [6.07, 6.45) is 1.98. The van der Waals surface area contributed by atoms with Crippen molar-refractivity contribution in [3.05, 3.63) is 34.4 Å². The van der Waals surface area contributed by atoms with Crippen LogP contribution in [0.3, 0.4) is 0 Å². The average molecular weight is 336 g/mol. The van der Waals surface area contributed by atoms with E-state index in [1.165, 1.54) is 0 Å². The number of methoxy groups -OCH3 is 1. The minimum atomic E-state index is 0.105. The molecule has 2 aromatic rings. The molecule has 2 rings (SSSR count). The van der Waals surface area contributed by atoms with Gasteiger partial charge in [-0.2, -0.15) is 5.10 Å². The Kier molecular flexibility index (Phi) is 6.04. The van der Waals surface area contributed by atoms with Crippen molar-refractivity contribution < 1.29 is 9.47 Å². The minimum absolute atomic E-state index is 0.105. The van der Waals surface area contributed by atoms with Gasteiger partial charge in [-0.05, 0) is 50.2 Å². The summed E-state index contributed by atoms with van der Waals surface area (Å²) >= 11 is 5.26. The van der Waals surface area contributed by atoms with Crippen molar-refractivity contribution in [2.45, 2.75) is 46.3 Å². The second-order valence-corrected chi connectivity index (χ2v) is 5.90.